The van der Waals surface area contributed by atoms with Crippen molar-refractivity contribution in [1.82, 2.24) is 4.90 Å². The number of aliphatic hydroxyl groups is 1. The van der Waals surface area contributed by atoms with Gasteiger partial charge >= 0.3 is 6.09 Å². The molecule has 1 amide bonds. The highest BCUT2D eigenvalue weighted by molar-refractivity contribution is 5.70. The van der Waals surface area contributed by atoms with Crippen molar-refractivity contribution in [3.63, 3.8) is 0 Å². The average Bonchev–Trinajstić information content (AvgIpc) is 2.83. The molecule has 164 valence electrons. The summed E-state index contributed by atoms with van der Waals surface area (Å²) in [5, 5.41) is 11.9. The van der Waals surface area contributed by atoms with Crippen LogP contribution in [0.1, 0.15) is 43.2 Å². The molecule has 32 heavy (non-hydrogen) atoms. The molecule has 2 unspecified atom stereocenters. The highest BCUT2D eigenvalue weighted by Gasteiger charge is 2.49. The van der Waals surface area contributed by atoms with Crippen molar-refractivity contribution in [3.8, 4) is 11.1 Å². The molecule has 2 heterocycles. The Morgan fingerprint density at radius 2 is 1.47 bits per heavy atom. The summed E-state index contributed by atoms with van der Waals surface area (Å²) in [7, 11) is 0. The molecule has 2 saturated heterocycles. The monoisotopic (exact) mass is 427 g/mol. The van der Waals surface area contributed by atoms with E-state index in [1.54, 1.807) is 0 Å². The second-order valence-corrected chi connectivity index (χ2v) is 9.04. The number of benzene rings is 3. The average molecular weight is 428 g/mol. The third-order valence-electron chi connectivity index (χ3n) is 6.94. The van der Waals surface area contributed by atoms with Gasteiger partial charge in [-0.05, 0) is 41.5 Å². The van der Waals surface area contributed by atoms with Gasteiger partial charge in [-0.3, -0.25) is 0 Å². The van der Waals surface area contributed by atoms with Gasteiger partial charge < -0.3 is 14.7 Å². The number of piperidine rings is 2. The molecule has 0 radical (unpaired) electrons. The number of hydrogen-bond acceptors (Lipinski definition) is 3. The lowest BCUT2D eigenvalue weighted by molar-refractivity contribution is -0.0893. The van der Waals surface area contributed by atoms with E-state index in [0.29, 0.717) is 12.8 Å². The van der Waals surface area contributed by atoms with E-state index in [0.717, 1.165) is 41.5 Å². The van der Waals surface area contributed by atoms with E-state index in [1.807, 2.05) is 71.6 Å². The van der Waals surface area contributed by atoms with Crippen LogP contribution in [0, 0.1) is 0 Å². The maximum atomic E-state index is 13.0. The van der Waals surface area contributed by atoms with Gasteiger partial charge in [-0.2, -0.15) is 0 Å². The van der Waals surface area contributed by atoms with Crippen LogP contribution in [0.15, 0.2) is 84.9 Å². The molecule has 0 aromatic heterocycles. The summed E-state index contributed by atoms with van der Waals surface area (Å²) in [5.74, 6) is 0. The SMILES string of the molecule is O=C(OCc1ccccc1)N1C2CCCC1CC(O)(c1ccccc1-c1ccccc1)C2. The molecule has 0 spiro atoms. The fourth-order valence-corrected chi connectivity index (χ4v) is 5.50. The van der Waals surface area contributed by atoms with E-state index in [9.17, 15) is 9.90 Å². The van der Waals surface area contributed by atoms with Crippen molar-refractivity contribution in [2.24, 2.45) is 0 Å². The van der Waals surface area contributed by atoms with Crippen LogP contribution in [0.3, 0.4) is 0 Å². The van der Waals surface area contributed by atoms with E-state index >= 15 is 0 Å². The van der Waals surface area contributed by atoms with Crippen molar-refractivity contribution < 1.29 is 14.6 Å². The Hall–Kier alpha value is -3.11. The number of carbonyl (C=O) groups is 1. The first-order chi connectivity index (χ1) is 15.6. The lowest BCUT2D eigenvalue weighted by atomic mass is 9.71. The Morgan fingerprint density at radius 3 is 2.16 bits per heavy atom. The van der Waals surface area contributed by atoms with Crippen LogP contribution in [-0.2, 0) is 16.9 Å². The predicted octanol–water partition coefficient (Wildman–Crippen LogP) is 5.89. The molecule has 0 aliphatic carbocycles. The molecular formula is C28H29NO3. The molecule has 2 aliphatic heterocycles. The Morgan fingerprint density at radius 1 is 0.875 bits per heavy atom. The Balaban J connectivity index is 1.38. The van der Waals surface area contributed by atoms with E-state index < -0.39 is 5.60 Å². The minimum Gasteiger partial charge on any atom is -0.445 e. The molecule has 5 rings (SSSR count). The number of ether oxygens (including phenoxy) is 1. The second-order valence-electron chi connectivity index (χ2n) is 9.04. The number of carbonyl (C=O) groups excluding carboxylic acids is 1. The number of rotatable bonds is 4. The molecule has 3 aromatic carbocycles. The summed E-state index contributed by atoms with van der Waals surface area (Å²) in [6.07, 6.45) is 3.68. The van der Waals surface area contributed by atoms with E-state index in [-0.39, 0.29) is 24.8 Å². The van der Waals surface area contributed by atoms with Crippen LogP contribution in [0.25, 0.3) is 11.1 Å². The highest BCUT2D eigenvalue weighted by atomic mass is 16.6. The molecule has 2 atom stereocenters. The van der Waals surface area contributed by atoms with Crippen LogP contribution >= 0.6 is 0 Å². The van der Waals surface area contributed by atoms with Crippen molar-refractivity contribution in [3.05, 3.63) is 96.1 Å². The highest BCUT2D eigenvalue weighted by Crippen LogP contribution is 2.47. The topological polar surface area (TPSA) is 49.8 Å². The summed E-state index contributed by atoms with van der Waals surface area (Å²) >= 11 is 0. The van der Waals surface area contributed by atoms with E-state index in [4.69, 9.17) is 4.74 Å². The minimum absolute atomic E-state index is 0.0143. The molecule has 4 nitrogen and oxygen atoms in total. The zero-order chi connectivity index (χ0) is 22.0. The molecule has 4 heteroatoms. The van der Waals surface area contributed by atoms with Crippen LogP contribution in [0.5, 0.6) is 0 Å². The Kier molecular flexibility index (Phi) is 5.71. The van der Waals surface area contributed by atoms with Crippen molar-refractivity contribution in [2.45, 2.75) is 56.4 Å². The standard InChI is InChI=1S/C28H29NO3/c30-27(32-20-21-10-3-1-4-11-21)29-23-14-9-15-24(29)19-28(31,18-23)26-17-8-7-16-25(26)22-12-5-2-6-13-22/h1-8,10-13,16-17,23-24,31H,9,14-15,18-20H2. The molecule has 3 aromatic rings. The first-order valence-electron chi connectivity index (χ1n) is 11.5. The Labute approximate surface area is 189 Å². The van der Waals surface area contributed by atoms with Crippen molar-refractivity contribution in [2.75, 3.05) is 0 Å². The maximum Gasteiger partial charge on any atom is 0.410 e. The molecule has 2 aliphatic rings. The molecule has 2 bridgehead atoms. The number of fused-ring (bicyclic) bond motifs is 2. The smallest absolute Gasteiger partial charge is 0.410 e. The van der Waals surface area contributed by atoms with Crippen LogP contribution in [0.4, 0.5) is 4.79 Å². The van der Waals surface area contributed by atoms with Crippen molar-refractivity contribution in [1.29, 1.82) is 0 Å². The predicted molar refractivity (Wildman–Crippen MR) is 125 cm³/mol. The van der Waals surface area contributed by atoms with Crippen LogP contribution in [0.2, 0.25) is 0 Å². The largest absolute Gasteiger partial charge is 0.445 e. The number of hydrogen-bond donors (Lipinski definition) is 1. The fraction of sp³-hybridized carbons (Fsp3) is 0.321. The summed E-state index contributed by atoms with van der Waals surface area (Å²) in [5.41, 5.74) is 3.15. The van der Waals surface area contributed by atoms with E-state index in [1.165, 1.54) is 0 Å². The quantitative estimate of drug-likeness (QED) is 0.564. The fourth-order valence-electron chi connectivity index (χ4n) is 5.50. The van der Waals surface area contributed by atoms with Gasteiger partial charge in [0.15, 0.2) is 0 Å². The van der Waals surface area contributed by atoms with Gasteiger partial charge in [0, 0.05) is 24.9 Å². The second kappa shape index (κ2) is 8.79. The van der Waals surface area contributed by atoms with Gasteiger partial charge in [-0.1, -0.05) is 84.9 Å². The third kappa shape index (κ3) is 4.03. The van der Waals surface area contributed by atoms with Gasteiger partial charge in [0.25, 0.3) is 0 Å². The van der Waals surface area contributed by atoms with Crippen molar-refractivity contribution >= 4 is 6.09 Å². The number of amides is 1. The van der Waals surface area contributed by atoms with E-state index in [2.05, 4.69) is 18.2 Å². The maximum absolute atomic E-state index is 13.0. The van der Waals surface area contributed by atoms with Gasteiger partial charge in [0.2, 0.25) is 0 Å². The van der Waals surface area contributed by atoms with Gasteiger partial charge in [0.1, 0.15) is 6.61 Å². The Bertz CT molecular complexity index is 1050. The first-order valence-corrected chi connectivity index (χ1v) is 11.5. The number of nitrogens with zero attached hydrogens (tertiary/aromatic N) is 1. The zero-order valence-corrected chi connectivity index (χ0v) is 18.2. The van der Waals surface area contributed by atoms with Crippen LogP contribution in [-0.4, -0.2) is 28.2 Å². The summed E-state index contributed by atoms with van der Waals surface area (Å²) in [6.45, 7) is 0.275. The summed E-state index contributed by atoms with van der Waals surface area (Å²) in [6, 6.07) is 28.1. The lowest BCUT2D eigenvalue weighted by Gasteiger charge is -2.51. The molecule has 1 N–H and O–H groups in total. The van der Waals surface area contributed by atoms with Crippen LogP contribution < -0.4 is 0 Å². The van der Waals surface area contributed by atoms with Gasteiger partial charge in [0.05, 0.1) is 5.60 Å². The normalized spacial score (nSPS) is 24.7. The molecule has 0 saturated carbocycles. The first kappa shape index (κ1) is 20.8. The zero-order valence-electron chi connectivity index (χ0n) is 18.2. The third-order valence-corrected chi connectivity index (χ3v) is 6.94. The molecular weight excluding hydrogens is 398 g/mol. The van der Waals surface area contributed by atoms with Gasteiger partial charge in [-0.25, -0.2) is 4.79 Å². The molecule has 2 fully saturated rings. The summed E-state index contributed by atoms with van der Waals surface area (Å²) in [4.78, 5) is 15.0. The lowest BCUT2D eigenvalue weighted by Crippen LogP contribution is -2.59. The minimum atomic E-state index is -0.960. The van der Waals surface area contributed by atoms with Gasteiger partial charge in [-0.15, -0.1) is 0 Å². The summed E-state index contributed by atoms with van der Waals surface area (Å²) < 4.78 is 5.68.